The van der Waals surface area contributed by atoms with Gasteiger partial charge in [-0.3, -0.25) is 0 Å². The third-order valence-electron chi connectivity index (χ3n) is 6.48. The first-order valence-corrected chi connectivity index (χ1v) is 11.6. The number of nitrogens with one attached hydrogen (secondary N) is 4. The van der Waals surface area contributed by atoms with Crippen LogP contribution in [0.4, 0.5) is 0 Å². The van der Waals surface area contributed by atoms with Crippen molar-refractivity contribution in [2.24, 2.45) is 0 Å². The summed E-state index contributed by atoms with van der Waals surface area (Å²) in [7, 11) is 0. The van der Waals surface area contributed by atoms with Crippen molar-refractivity contribution in [3.8, 4) is 23.5 Å². The van der Waals surface area contributed by atoms with Crippen molar-refractivity contribution in [3.63, 3.8) is 0 Å². The SMILES string of the molecule is C#CCCNCc1nc2ccc(-c3ccc4c(ccc5[nH]c(C6CCCN6)nc54)c3)cc2[nH]1. The van der Waals surface area contributed by atoms with Crippen LogP contribution in [0.2, 0.25) is 0 Å². The lowest BCUT2D eigenvalue weighted by atomic mass is 10.0. The van der Waals surface area contributed by atoms with E-state index in [0.29, 0.717) is 12.6 Å². The van der Waals surface area contributed by atoms with Gasteiger partial charge in [-0.1, -0.05) is 24.3 Å². The van der Waals surface area contributed by atoms with Gasteiger partial charge in [0.25, 0.3) is 0 Å². The van der Waals surface area contributed by atoms with E-state index < -0.39 is 0 Å². The van der Waals surface area contributed by atoms with Crippen LogP contribution in [0.5, 0.6) is 0 Å². The minimum atomic E-state index is 0.338. The molecule has 0 saturated carbocycles. The van der Waals surface area contributed by atoms with E-state index in [2.05, 4.69) is 80.0 Å². The zero-order valence-corrected chi connectivity index (χ0v) is 18.4. The van der Waals surface area contributed by atoms with Gasteiger partial charge in [0.1, 0.15) is 11.6 Å². The molecule has 5 aromatic rings. The number of imidazole rings is 2. The van der Waals surface area contributed by atoms with Gasteiger partial charge in [-0.2, -0.15) is 0 Å². The number of fused-ring (bicyclic) bond motifs is 4. The molecule has 1 unspecified atom stereocenters. The highest BCUT2D eigenvalue weighted by atomic mass is 15.0. The molecule has 1 fully saturated rings. The average Bonchev–Trinajstić information content (AvgIpc) is 3.59. The molecule has 3 aromatic carbocycles. The maximum atomic E-state index is 5.31. The van der Waals surface area contributed by atoms with E-state index in [0.717, 1.165) is 65.2 Å². The predicted molar refractivity (Wildman–Crippen MR) is 134 cm³/mol. The van der Waals surface area contributed by atoms with E-state index in [9.17, 15) is 0 Å². The minimum Gasteiger partial charge on any atom is -0.341 e. The van der Waals surface area contributed by atoms with E-state index in [1.54, 1.807) is 0 Å². The number of rotatable bonds is 6. The Hall–Kier alpha value is -3.66. The Kier molecular flexibility index (Phi) is 5.06. The summed E-state index contributed by atoms with van der Waals surface area (Å²) in [6, 6.07) is 17.7. The third-order valence-corrected chi connectivity index (χ3v) is 6.48. The molecule has 6 heteroatoms. The molecule has 0 amide bonds. The van der Waals surface area contributed by atoms with Crippen molar-refractivity contribution in [2.75, 3.05) is 13.1 Å². The van der Waals surface area contributed by atoms with Gasteiger partial charge in [-0.15, -0.1) is 12.3 Å². The van der Waals surface area contributed by atoms with Gasteiger partial charge in [0.15, 0.2) is 0 Å². The second-order valence-corrected chi connectivity index (χ2v) is 8.71. The van der Waals surface area contributed by atoms with Crippen LogP contribution in [-0.2, 0) is 6.54 Å². The summed E-state index contributed by atoms with van der Waals surface area (Å²) >= 11 is 0. The normalized spacial score (nSPS) is 16.2. The van der Waals surface area contributed by atoms with Crippen molar-refractivity contribution in [1.82, 2.24) is 30.6 Å². The summed E-state index contributed by atoms with van der Waals surface area (Å²) in [5, 5.41) is 9.22. The van der Waals surface area contributed by atoms with Crippen LogP contribution in [-0.4, -0.2) is 33.0 Å². The Bertz CT molecular complexity index is 1500. The van der Waals surface area contributed by atoms with Gasteiger partial charge < -0.3 is 20.6 Å². The Balaban J connectivity index is 1.31. The number of hydrogen-bond donors (Lipinski definition) is 4. The van der Waals surface area contributed by atoms with Crippen molar-refractivity contribution in [3.05, 3.63) is 60.2 Å². The largest absolute Gasteiger partial charge is 0.341 e. The minimum absolute atomic E-state index is 0.338. The standard InChI is InChI=1S/C27H26N6/c1-2-3-12-28-16-25-30-21-10-7-18(15-24(21)31-25)17-6-9-20-19(14-17)8-11-22-26(20)33-27(32-22)23-5-4-13-29-23/h1,6-11,14-15,23,28-29H,3-5,12-13,16H2,(H,30,31)(H,32,33). The summed E-state index contributed by atoms with van der Waals surface area (Å²) in [4.78, 5) is 16.6. The second kappa shape index (κ2) is 8.36. The Morgan fingerprint density at radius 1 is 1.00 bits per heavy atom. The molecular weight excluding hydrogens is 408 g/mol. The highest BCUT2D eigenvalue weighted by Crippen LogP contribution is 2.31. The lowest BCUT2D eigenvalue weighted by Crippen LogP contribution is -2.14. The molecule has 0 radical (unpaired) electrons. The summed E-state index contributed by atoms with van der Waals surface area (Å²) in [5.41, 5.74) is 6.51. The van der Waals surface area contributed by atoms with Gasteiger partial charge in [0.2, 0.25) is 0 Å². The number of hydrogen-bond acceptors (Lipinski definition) is 4. The van der Waals surface area contributed by atoms with Crippen LogP contribution in [0.3, 0.4) is 0 Å². The first kappa shape index (κ1) is 20.0. The maximum Gasteiger partial charge on any atom is 0.124 e. The van der Waals surface area contributed by atoms with Crippen molar-refractivity contribution in [2.45, 2.75) is 31.8 Å². The molecule has 1 saturated heterocycles. The molecular formula is C27H26N6. The summed E-state index contributed by atoms with van der Waals surface area (Å²) in [6.07, 6.45) is 8.37. The summed E-state index contributed by atoms with van der Waals surface area (Å²) in [5.74, 6) is 4.61. The first-order valence-electron chi connectivity index (χ1n) is 11.6. The molecule has 0 spiro atoms. The fourth-order valence-corrected chi connectivity index (χ4v) is 4.78. The molecule has 0 bridgehead atoms. The van der Waals surface area contributed by atoms with Gasteiger partial charge >= 0.3 is 0 Å². The van der Waals surface area contributed by atoms with Crippen LogP contribution in [0.1, 0.15) is 37.0 Å². The zero-order valence-electron chi connectivity index (χ0n) is 18.4. The van der Waals surface area contributed by atoms with E-state index in [4.69, 9.17) is 11.4 Å². The van der Waals surface area contributed by atoms with Gasteiger partial charge in [-0.05, 0) is 60.2 Å². The number of aromatic nitrogens is 4. The van der Waals surface area contributed by atoms with Crippen LogP contribution in [0.15, 0.2) is 48.5 Å². The van der Waals surface area contributed by atoms with Crippen LogP contribution in [0.25, 0.3) is 44.0 Å². The molecule has 164 valence electrons. The van der Waals surface area contributed by atoms with Crippen LogP contribution >= 0.6 is 0 Å². The van der Waals surface area contributed by atoms with E-state index in [1.807, 2.05) is 0 Å². The van der Waals surface area contributed by atoms with Gasteiger partial charge in [0.05, 0.1) is 34.7 Å². The first-order chi connectivity index (χ1) is 16.3. The Morgan fingerprint density at radius 2 is 1.91 bits per heavy atom. The Morgan fingerprint density at radius 3 is 2.79 bits per heavy atom. The highest BCUT2D eigenvalue weighted by Gasteiger charge is 2.20. The van der Waals surface area contributed by atoms with Gasteiger partial charge in [-0.25, -0.2) is 9.97 Å². The van der Waals surface area contributed by atoms with E-state index in [-0.39, 0.29) is 0 Å². The van der Waals surface area contributed by atoms with Crippen LogP contribution in [0, 0.1) is 12.3 Å². The smallest absolute Gasteiger partial charge is 0.124 e. The van der Waals surface area contributed by atoms with E-state index >= 15 is 0 Å². The molecule has 0 aliphatic carbocycles. The quantitative estimate of drug-likeness (QED) is 0.229. The molecule has 2 aromatic heterocycles. The fourth-order valence-electron chi connectivity index (χ4n) is 4.78. The predicted octanol–water partition coefficient (Wildman–Crippen LogP) is 4.80. The zero-order chi connectivity index (χ0) is 22.2. The second-order valence-electron chi connectivity index (χ2n) is 8.71. The number of benzene rings is 3. The monoisotopic (exact) mass is 434 g/mol. The summed E-state index contributed by atoms with van der Waals surface area (Å²) in [6.45, 7) is 2.54. The molecule has 6 rings (SSSR count). The Labute approximate surface area is 192 Å². The molecule has 33 heavy (non-hydrogen) atoms. The molecule has 4 N–H and O–H groups in total. The van der Waals surface area contributed by atoms with Gasteiger partial charge in [0, 0.05) is 18.4 Å². The number of H-pyrrole nitrogens is 2. The van der Waals surface area contributed by atoms with E-state index in [1.165, 1.54) is 22.8 Å². The lowest BCUT2D eigenvalue weighted by molar-refractivity contribution is 0.614. The number of nitrogens with zero attached hydrogens (tertiary/aromatic N) is 2. The maximum absolute atomic E-state index is 5.31. The summed E-state index contributed by atoms with van der Waals surface area (Å²) < 4.78 is 0. The van der Waals surface area contributed by atoms with Crippen molar-refractivity contribution >= 4 is 32.8 Å². The van der Waals surface area contributed by atoms with Crippen molar-refractivity contribution in [1.29, 1.82) is 0 Å². The lowest BCUT2D eigenvalue weighted by Gasteiger charge is -2.05. The fraction of sp³-hybridized carbons (Fsp3) is 0.259. The number of aromatic amines is 2. The van der Waals surface area contributed by atoms with Crippen molar-refractivity contribution < 1.29 is 0 Å². The molecule has 1 aliphatic rings. The molecule has 1 aliphatic heterocycles. The molecule has 3 heterocycles. The number of terminal acetylenes is 1. The molecule has 1 atom stereocenters. The molecule has 6 nitrogen and oxygen atoms in total. The highest BCUT2D eigenvalue weighted by molar-refractivity contribution is 6.05. The third kappa shape index (κ3) is 3.76. The van der Waals surface area contributed by atoms with Crippen LogP contribution < -0.4 is 10.6 Å². The average molecular weight is 435 g/mol. The topological polar surface area (TPSA) is 81.4 Å².